The van der Waals surface area contributed by atoms with Gasteiger partial charge in [-0.2, -0.15) is 0 Å². The van der Waals surface area contributed by atoms with Gasteiger partial charge in [0.2, 0.25) is 23.7 Å². The minimum Gasteiger partial charge on any atom is -0.508 e. The van der Waals surface area contributed by atoms with Gasteiger partial charge < -0.3 is 28.5 Å². The highest BCUT2D eigenvalue weighted by Crippen LogP contribution is 2.52. The molecule has 0 atom stereocenters. The molecule has 0 fully saturated rings. The van der Waals surface area contributed by atoms with Crippen LogP contribution < -0.4 is 24.4 Å². The summed E-state index contributed by atoms with van der Waals surface area (Å²) in [5, 5.41) is 10.7. The molecule has 1 aliphatic rings. The number of hydrogen-bond donors (Lipinski definition) is 1. The van der Waals surface area contributed by atoms with Crippen LogP contribution in [0.5, 0.6) is 28.7 Å². The summed E-state index contributed by atoms with van der Waals surface area (Å²) in [6.07, 6.45) is 3.79. The molecule has 0 unspecified atom stereocenters. The fraction of sp³-hybridized carbons (Fsp3) is 0.261. The number of aromatic hydroxyl groups is 1. The lowest BCUT2D eigenvalue weighted by Crippen LogP contribution is -2.07. The highest BCUT2D eigenvalue weighted by molar-refractivity contribution is 5.88. The average Bonchev–Trinajstić information content (AvgIpc) is 3.22. The number of rotatable bonds is 5. The lowest BCUT2D eigenvalue weighted by atomic mass is 10.0. The predicted octanol–water partition coefficient (Wildman–Crippen LogP) is 4.42. The van der Waals surface area contributed by atoms with Gasteiger partial charge in [0.1, 0.15) is 17.6 Å². The molecule has 7 heteroatoms. The van der Waals surface area contributed by atoms with Crippen molar-refractivity contribution >= 4 is 11.0 Å². The SMILES string of the molecule is COc1cc(-c2coc3c(CC=C(C)C)c(O)ccc3c2=O)c(OC)c2c1OCO2. The molecule has 0 spiro atoms. The number of fused-ring (bicyclic) bond motifs is 2. The Hall–Kier alpha value is -3.61. The Morgan fingerprint density at radius 2 is 1.90 bits per heavy atom. The maximum Gasteiger partial charge on any atom is 0.231 e. The summed E-state index contributed by atoms with van der Waals surface area (Å²) >= 11 is 0. The number of ether oxygens (including phenoxy) is 4. The zero-order valence-electron chi connectivity index (χ0n) is 17.2. The Bertz CT molecular complexity index is 1220. The molecule has 0 bridgehead atoms. The third-order valence-corrected chi connectivity index (χ3v) is 5.01. The maximum atomic E-state index is 13.4. The molecule has 30 heavy (non-hydrogen) atoms. The van der Waals surface area contributed by atoms with E-state index in [1.807, 2.05) is 19.9 Å². The first kappa shape index (κ1) is 19.7. The third-order valence-electron chi connectivity index (χ3n) is 5.01. The summed E-state index contributed by atoms with van der Waals surface area (Å²) in [7, 11) is 3.00. The van der Waals surface area contributed by atoms with E-state index < -0.39 is 0 Å². The van der Waals surface area contributed by atoms with E-state index in [4.69, 9.17) is 23.4 Å². The molecule has 1 aliphatic heterocycles. The van der Waals surface area contributed by atoms with Gasteiger partial charge in [0, 0.05) is 11.1 Å². The van der Waals surface area contributed by atoms with Crippen LogP contribution in [0.15, 0.2) is 45.3 Å². The Morgan fingerprint density at radius 1 is 1.13 bits per heavy atom. The molecule has 2 aromatic carbocycles. The summed E-state index contributed by atoms with van der Waals surface area (Å²) in [6, 6.07) is 4.73. The number of phenols is 1. The normalized spacial score (nSPS) is 12.1. The van der Waals surface area contributed by atoms with Gasteiger partial charge in [-0.1, -0.05) is 11.6 Å². The Morgan fingerprint density at radius 3 is 2.60 bits per heavy atom. The van der Waals surface area contributed by atoms with Crippen LogP contribution in [0, 0.1) is 0 Å². The molecule has 0 amide bonds. The zero-order chi connectivity index (χ0) is 21.4. The number of allylic oxidation sites excluding steroid dienone is 2. The topological polar surface area (TPSA) is 87.4 Å². The number of phenolic OH excluding ortho intramolecular Hbond substituents is 1. The van der Waals surface area contributed by atoms with Gasteiger partial charge in [-0.05, 0) is 38.5 Å². The van der Waals surface area contributed by atoms with Crippen molar-refractivity contribution in [2.45, 2.75) is 20.3 Å². The van der Waals surface area contributed by atoms with Crippen LogP contribution >= 0.6 is 0 Å². The van der Waals surface area contributed by atoms with E-state index in [1.165, 1.54) is 26.5 Å². The zero-order valence-corrected chi connectivity index (χ0v) is 17.2. The first-order chi connectivity index (χ1) is 14.5. The number of methoxy groups -OCH3 is 2. The molecule has 2 heterocycles. The first-order valence-electron chi connectivity index (χ1n) is 9.41. The second-order valence-electron chi connectivity index (χ2n) is 7.13. The third kappa shape index (κ3) is 3.12. The van der Waals surface area contributed by atoms with E-state index in [9.17, 15) is 9.90 Å². The maximum absolute atomic E-state index is 13.4. The molecule has 3 aromatic rings. The summed E-state index contributed by atoms with van der Waals surface area (Å²) in [4.78, 5) is 13.4. The van der Waals surface area contributed by atoms with Gasteiger partial charge in [0.05, 0.1) is 25.2 Å². The first-order valence-corrected chi connectivity index (χ1v) is 9.41. The van der Waals surface area contributed by atoms with E-state index >= 15 is 0 Å². The average molecular weight is 410 g/mol. The highest BCUT2D eigenvalue weighted by Gasteiger charge is 2.29. The molecule has 4 rings (SSSR count). The second-order valence-corrected chi connectivity index (χ2v) is 7.13. The van der Waals surface area contributed by atoms with Gasteiger partial charge in [0.15, 0.2) is 11.5 Å². The van der Waals surface area contributed by atoms with Crippen molar-refractivity contribution in [1.82, 2.24) is 0 Å². The largest absolute Gasteiger partial charge is 0.508 e. The summed E-state index contributed by atoms with van der Waals surface area (Å²) in [5.41, 5.74) is 2.51. The summed E-state index contributed by atoms with van der Waals surface area (Å²) in [6.45, 7) is 3.97. The van der Waals surface area contributed by atoms with E-state index in [0.717, 1.165) is 5.57 Å². The van der Waals surface area contributed by atoms with Crippen molar-refractivity contribution in [2.24, 2.45) is 0 Å². The van der Waals surface area contributed by atoms with Crippen molar-refractivity contribution in [1.29, 1.82) is 0 Å². The molecule has 0 radical (unpaired) electrons. The predicted molar refractivity (Wildman–Crippen MR) is 112 cm³/mol. The minimum atomic E-state index is -0.256. The number of hydrogen-bond acceptors (Lipinski definition) is 7. The van der Waals surface area contributed by atoms with Crippen molar-refractivity contribution in [3.8, 4) is 39.9 Å². The van der Waals surface area contributed by atoms with Gasteiger partial charge in [-0.15, -0.1) is 0 Å². The van der Waals surface area contributed by atoms with Crippen molar-refractivity contribution in [2.75, 3.05) is 21.0 Å². The van der Waals surface area contributed by atoms with E-state index in [-0.39, 0.29) is 23.5 Å². The van der Waals surface area contributed by atoms with Gasteiger partial charge in [-0.25, -0.2) is 0 Å². The van der Waals surface area contributed by atoms with E-state index in [1.54, 1.807) is 12.1 Å². The van der Waals surface area contributed by atoms with E-state index in [0.29, 0.717) is 51.5 Å². The molecule has 0 aliphatic carbocycles. The van der Waals surface area contributed by atoms with Gasteiger partial charge in [-0.3, -0.25) is 4.79 Å². The fourth-order valence-electron chi connectivity index (χ4n) is 3.51. The van der Waals surface area contributed by atoms with Crippen LogP contribution in [0.1, 0.15) is 19.4 Å². The standard InChI is InChI=1S/C23H22O7/c1-12(2)5-6-13-17(24)8-7-14-19(25)16(10-28-20(13)14)15-9-18(26-3)22-23(21(15)27-4)30-11-29-22/h5,7-10,24H,6,11H2,1-4H3. The van der Waals surface area contributed by atoms with Crippen LogP contribution in [0.25, 0.3) is 22.1 Å². The lowest BCUT2D eigenvalue weighted by Gasteiger charge is -2.14. The van der Waals surface area contributed by atoms with Crippen molar-refractivity contribution in [3.05, 3.63) is 51.9 Å². The molecule has 156 valence electrons. The van der Waals surface area contributed by atoms with Crippen molar-refractivity contribution in [3.63, 3.8) is 0 Å². The Balaban J connectivity index is 1.96. The number of benzene rings is 2. The molecule has 0 saturated heterocycles. The smallest absolute Gasteiger partial charge is 0.231 e. The molecule has 0 saturated carbocycles. The highest BCUT2D eigenvalue weighted by atomic mass is 16.7. The molecule has 1 aromatic heterocycles. The Labute approximate surface area is 173 Å². The minimum absolute atomic E-state index is 0.0326. The quantitative estimate of drug-likeness (QED) is 0.623. The van der Waals surface area contributed by atoms with Crippen LogP contribution in [-0.4, -0.2) is 26.1 Å². The molecular weight excluding hydrogens is 388 g/mol. The van der Waals surface area contributed by atoms with Crippen LogP contribution in [0.2, 0.25) is 0 Å². The van der Waals surface area contributed by atoms with Gasteiger partial charge in [0.25, 0.3) is 0 Å². The van der Waals surface area contributed by atoms with E-state index in [2.05, 4.69) is 0 Å². The second kappa shape index (κ2) is 7.67. The monoisotopic (exact) mass is 410 g/mol. The van der Waals surface area contributed by atoms with Crippen molar-refractivity contribution < 1.29 is 28.5 Å². The molecular formula is C23H22O7. The fourth-order valence-corrected chi connectivity index (χ4v) is 3.51. The summed E-state index contributed by atoms with van der Waals surface area (Å²) < 4.78 is 27.8. The molecule has 7 nitrogen and oxygen atoms in total. The lowest BCUT2D eigenvalue weighted by molar-refractivity contribution is 0.168. The Kier molecular flexibility index (Phi) is 5.03. The van der Waals surface area contributed by atoms with Crippen LogP contribution in [-0.2, 0) is 6.42 Å². The van der Waals surface area contributed by atoms with Gasteiger partial charge >= 0.3 is 0 Å². The summed E-state index contributed by atoms with van der Waals surface area (Å²) in [5.74, 6) is 1.67. The molecule has 1 N–H and O–H groups in total. The van der Waals surface area contributed by atoms with Crippen LogP contribution in [0.4, 0.5) is 0 Å². The van der Waals surface area contributed by atoms with Crippen LogP contribution in [0.3, 0.4) is 0 Å².